The van der Waals surface area contributed by atoms with Gasteiger partial charge >= 0.3 is 18.4 Å². The highest BCUT2D eigenvalue weighted by atomic mass is 19.4. The average Bonchev–Trinajstić information content (AvgIpc) is 3.09. The summed E-state index contributed by atoms with van der Waals surface area (Å²) in [6, 6.07) is 12.4. The Hall–Kier alpha value is -3.23. The van der Waals surface area contributed by atoms with Gasteiger partial charge < -0.3 is 14.4 Å². The number of anilines is 1. The third-order valence-electron chi connectivity index (χ3n) is 7.94. The smallest absolute Gasteiger partial charge is 0.456 e. The molecule has 0 bridgehead atoms. The van der Waals surface area contributed by atoms with Gasteiger partial charge in [-0.2, -0.15) is 0 Å². The lowest BCUT2D eigenvalue weighted by Crippen LogP contribution is -2.50. The first-order valence-electron chi connectivity index (χ1n) is 13.7. The van der Waals surface area contributed by atoms with Gasteiger partial charge in [0, 0.05) is 12.2 Å². The highest BCUT2D eigenvalue weighted by Crippen LogP contribution is 2.47. The molecule has 2 amide bonds. The van der Waals surface area contributed by atoms with E-state index >= 15 is 0 Å². The van der Waals surface area contributed by atoms with E-state index in [0.717, 1.165) is 31.2 Å². The number of carbonyl (C=O) groups is 2. The molecule has 218 valence electrons. The van der Waals surface area contributed by atoms with Crippen LogP contribution in [-0.4, -0.2) is 40.9 Å². The molecule has 40 heavy (non-hydrogen) atoms. The fourth-order valence-corrected chi connectivity index (χ4v) is 5.78. The van der Waals surface area contributed by atoms with Crippen LogP contribution in [0.5, 0.6) is 5.75 Å². The van der Waals surface area contributed by atoms with Crippen molar-refractivity contribution >= 4 is 17.7 Å². The number of hydrogen-bond donors (Lipinski definition) is 0. The molecule has 1 spiro atoms. The minimum atomic E-state index is -4.78. The predicted molar refractivity (Wildman–Crippen MR) is 147 cm³/mol. The van der Waals surface area contributed by atoms with Crippen LogP contribution in [0.25, 0.3) is 0 Å². The standard InChI is InChI=1S/C31H39F3N2O4/c1-28(2,3)23-15-17-30(18-16-23)20-35(24-11-13-25(14-12-24)39-31(32,33)34)27(38)36(30)19-21-7-9-22(10-8-21)26(37)40-29(4,5)6/h7-14,23H,15-20H2,1-6H3/t23-,30-. The summed E-state index contributed by atoms with van der Waals surface area (Å²) in [7, 11) is 0. The molecule has 2 fully saturated rings. The molecule has 1 saturated heterocycles. The molecule has 0 N–H and O–H groups in total. The van der Waals surface area contributed by atoms with Crippen molar-refractivity contribution < 1.29 is 32.2 Å². The molecule has 0 aromatic heterocycles. The highest BCUT2D eigenvalue weighted by molar-refractivity contribution is 5.95. The molecule has 2 aromatic rings. The van der Waals surface area contributed by atoms with Crippen molar-refractivity contribution in [3.8, 4) is 5.75 Å². The number of hydrogen-bond acceptors (Lipinski definition) is 4. The molecule has 2 aliphatic rings. The molecule has 2 aromatic carbocycles. The van der Waals surface area contributed by atoms with E-state index in [-0.39, 0.29) is 17.2 Å². The molecule has 1 saturated carbocycles. The van der Waals surface area contributed by atoms with Crippen molar-refractivity contribution in [2.75, 3.05) is 11.4 Å². The Labute approximate surface area is 234 Å². The number of halogens is 3. The maximum absolute atomic E-state index is 13.9. The van der Waals surface area contributed by atoms with Crippen molar-refractivity contribution in [2.45, 2.75) is 91.3 Å². The summed E-state index contributed by atoms with van der Waals surface area (Å²) in [5.74, 6) is -0.196. The molecule has 0 atom stereocenters. The lowest BCUT2D eigenvalue weighted by molar-refractivity contribution is -0.274. The highest BCUT2D eigenvalue weighted by Gasteiger charge is 2.52. The fourth-order valence-electron chi connectivity index (χ4n) is 5.78. The van der Waals surface area contributed by atoms with Crippen LogP contribution in [0, 0.1) is 11.3 Å². The average molecular weight is 561 g/mol. The largest absolute Gasteiger partial charge is 0.573 e. The van der Waals surface area contributed by atoms with Crippen LogP contribution in [-0.2, 0) is 11.3 Å². The summed E-state index contributed by atoms with van der Waals surface area (Å²) < 4.78 is 47.4. The molecule has 1 aliphatic heterocycles. The molecule has 9 heteroatoms. The molecule has 0 radical (unpaired) electrons. The number of amides is 2. The third kappa shape index (κ3) is 6.91. The summed E-state index contributed by atoms with van der Waals surface area (Å²) in [4.78, 5) is 29.9. The Balaban J connectivity index is 1.58. The number of rotatable bonds is 5. The van der Waals surface area contributed by atoms with E-state index in [4.69, 9.17) is 4.74 Å². The maximum atomic E-state index is 13.9. The molecular weight excluding hydrogens is 521 g/mol. The van der Waals surface area contributed by atoms with Crippen LogP contribution < -0.4 is 9.64 Å². The van der Waals surface area contributed by atoms with Gasteiger partial charge in [-0.1, -0.05) is 32.9 Å². The quantitative estimate of drug-likeness (QED) is 0.348. The van der Waals surface area contributed by atoms with Gasteiger partial charge in [0.25, 0.3) is 0 Å². The van der Waals surface area contributed by atoms with E-state index < -0.39 is 23.5 Å². The predicted octanol–water partition coefficient (Wildman–Crippen LogP) is 7.96. The molecular formula is C31H39F3N2O4. The van der Waals surface area contributed by atoms with Crippen LogP contribution >= 0.6 is 0 Å². The van der Waals surface area contributed by atoms with Gasteiger partial charge in [0.1, 0.15) is 11.4 Å². The van der Waals surface area contributed by atoms with Gasteiger partial charge in [-0.05, 0) is 99.7 Å². The maximum Gasteiger partial charge on any atom is 0.573 e. The van der Waals surface area contributed by atoms with Gasteiger partial charge in [-0.15, -0.1) is 13.2 Å². The Bertz CT molecular complexity index is 1200. The molecule has 4 rings (SSSR count). The minimum absolute atomic E-state index is 0.167. The number of esters is 1. The van der Waals surface area contributed by atoms with Crippen molar-refractivity contribution in [1.29, 1.82) is 0 Å². The monoisotopic (exact) mass is 560 g/mol. The fraction of sp³-hybridized carbons (Fsp3) is 0.548. The van der Waals surface area contributed by atoms with Crippen molar-refractivity contribution in [2.24, 2.45) is 11.3 Å². The number of alkyl halides is 3. The minimum Gasteiger partial charge on any atom is -0.456 e. The number of nitrogens with zero attached hydrogens (tertiary/aromatic N) is 2. The van der Waals surface area contributed by atoms with Crippen LogP contribution in [0.1, 0.15) is 83.1 Å². The zero-order valence-corrected chi connectivity index (χ0v) is 24.1. The van der Waals surface area contributed by atoms with E-state index in [9.17, 15) is 22.8 Å². The second kappa shape index (κ2) is 10.6. The summed E-state index contributed by atoms with van der Waals surface area (Å²) in [6.45, 7) is 13.0. The van der Waals surface area contributed by atoms with Crippen LogP contribution in [0.4, 0.5) is 23.7 Å². The Morgan fingerprint density at radius 1 is 0.925 bits per heavy atom. The van der Waals surface area contributed by atoms with Crippen molar-refractivity contribution in [1.82, 2.24) is 4.90 Å². The van der Waals surface area contributed by atoms with Gasteiger partial charge in [0.05, 0.1) is 17.6 Å². The molecule has 1 aliphatic carbocycles. The van der Waals surface area contributed by atoms with Crippen LogP contribution in [0.15, 0.2) is 48.5 Å². The lowest BCUT2D eigenvalue weighted by atomic mass is 9.67. The molecule has 6 nitrogen and oxygen atoms in total. The van der Waals surface area contributed by atoms with Gasteiger partial charge in [-0.3, -0.25) is 4.90 Å². The zero-order valence-electron chi connectivity index (χ0n) is 24.1. The first kappa shape index (κ1) is 29.7. The molecule has 0 unspecified atom stereocenters. The van der Waals surface area contributed by atoms with Crippen LogP contribution in [0.2, 0.25) is 0 Å². The Kier molecular flexibility index (Phi) is 7.91. The van der Waals surface area contributed by atoms with E-state index in [1.165, 1.54) is 24.3 Å². The zero-order chi connectivity index (χ0) is 29.5. The van der Waals surface area contributed by atoms with Gasteiger partial charge in [0.15, 0.2) is 0 Å². The Morgan fingerprint density at radius 2 is 1.50 bits per heavy atom. The van der Waals surface area contributed by atoms with Gasteiger partial charge in [0.2, 0.25) is 0 Å². The third-order valence-corrected chi connectivity index (χ3v) is 7.94. The number of benzene rings is 2. The normalized spacial score (nSPS) is 22.1. The van der Waals surface area contributed by atoms with E-state index in [2.05, 4.69) is 25.5 Å². The topological polar surface area (TPSA) is 59.1 Å². The number of carbonyl (C=O) groups excluding carboxylic acids is 2. The second-order valence-electron chi connectivity index (χ2n) is 13.1. The van der Waals surface area contributed by atoms with E-state index in [0.29, 0.717) is 30.3 Å². The van der Waals surface area contributed by atoms with E-state index in [1.54, 1.807) is 17.0 Å². The summed E-state index contributed by atoms with van der Waals surface area (Å²) in [5.41, 5.74) is 1.02. The van der Waals surface area contributed by atoms with Gasteiger partial charge in [-0.25, -0.2) is 9.59 Å². The lowest BCUT2D eigenvalue weighted by Gasteiger charge is -2.45. The SMILES string of the molecule is CC(C)(C)OC(=O)c1ccc(CN2C(=O)N(c3ccc(OC(F)(F)F)cc3)C[C@]23CC[C@@H](C(C)(C)C)CC3)cc1. The molecule has 1 heterocycles. The van der Waals surface area contributed by atoms with Crippen molar-refractivity contribution in [3.05, 3.63) is 59.7 Å². The number of urea groups is 1. The first-order valence-corrected chi connectivity index (χ1v) is 13.7. The van der Waals surface area contributed by atoms with Crippen LogP contribution in [0.3, 0.4) is 0 Å². The summed E-state index contributed by atoms with van der Waals surface area (Å²) in [6.07, 6.45) is -1.14. The number of ether oxygens (including phenoxy) is 2. The summed E-state index contributed by atoms with van der Waals surface area (Å²) in [5, 5.41) is 0. The Morgan fingerprint density at radius 3 is 2.00 bits per heavy atom. The summed E-state index contributed by atoms with van der Waals surface area (Å²) >= 11 is 0. The van der Waals surface area contributed by atoms with Crippen molar-refractivity contribution in [3.63, 3.8) is 0 Å². The second-order valence-corrected chi connectivity index (χ2v) is 13.1. The first-order chi connectivity index (χ1) is 18.5. The van der Waals surface area contributed by atoms with E-state index in [1.807, 2.05) is 37.8 Å².